The Bertz CT molecular complexity index is 870. The zero-order chi connectivity index (χ0) is 24.0. The fourth-order valence-electron chi connectivity index (χ4n) is 4.72. The molecule has 1 saturated heterocycles. The van der Waals surface area contributed by atoms with Crippen molar-refractivity contribution < 1.29 is 19.2 Å². The Hall–Kier alpha value is -2.96. The maximum atomic E-state index is 13.3. The van der Waals surface area contributed by atoms with Gasteiger partial charge in [-0.3, -0.25) is 24.1 Å². The number of carbonyl (C=O) groups is 4. The summed E-state index contributed by atoms with van der Waals surface area (Å²) in [7, 11) is 0. The van der Waals surface area contributed by atoms with Crippen LogP contribution in [0.2, 0.25) is 0 Å². The lowest BCUT2D eigenvalue weighted by molar-refractivity contribution is -0.144. The van der Waals surface area contributed by atoms with Gasteiger partial charge in [0.05, 0.1) is 11.8 Å². The summed E-state index contributed by atoms with van der Waals surface area (Å²) < 4.78 is 0. The Balaban J connectivity index is 1.70. The van der Waals surface area contributed by atoms with Gasteiger partial charge >= 0.3 is 0 Å². The van der Waals surface area contributed by atoms with E-state index in [1.165, 1.54) is 4.90 Å². The van der Waals surface area contributed by atoms with E-state index in [9.17, 15) is 19.2 Å². The number of likely N-dealkylation sites (tertiary alicyclic amines) is 1. The number of nitrogens with zero attached hydrogens (tertiary/aromatic N) is 2. The average molecular weight is 454 g/mol. The van der Waals surface area contributed by atoms with Gasteiger partial charge in [0.1, 0.15) is 6.04 Å². The second kappa shape index (κ2) is 11.3. The number of benzene rings is 1. The van der Waals surface area contributed by atoms with E-state index in [1.54, 1.807) is 4.90 Å². The van der Waals surface area contributed by atoms with Gasteiger partial charge in [-0.25, -0.2) is 0 Å². The Labute approximate surface area is 196 Å². The summed E-state index contributed by atoms with van der Waals surface area (Å²) in [4.78, 5) is 54.5. The molecule has 1 heterocycles. The second-order valence-corrected chi connectivity index (χ2v) is 9.14. The third-order valence-electron chi connectivity index (χ3n) is 6.45. The third-order valence-corrected chi connectivity index (χ3v) is 6.45. The minimum Gasteiger partial charge on any atom is -0.352 e. The topological polar surface area (TPSA) is 86.8 Å². The van der Waals surface area contributed by atoms with Crippen molar-refractivity contribution in [1.82, 2.24) is 15.1 Å². The molecule has 0 spiro atoms. The van der Waals surface area contributed by atoms with Crippen LogP contribution in [-0.2, 0) is 25.6 Å². The van der Waals surface area contributed by atoms with E-state index in [1.807, 2.05) is 63.3 Å². The van der Waals surface area contributed by atoms with Crippen molar-refractivity contribution >= 4 is 23.6 Å². The zero-order valence-electron chi connectivity index (χ0n) is 19.8. The molecule has 3 atom stereocenters. The summed E-state index contributed by atoms with van der Waals surface area (Å²) in [6.45, 7) is 6.12. The Morgan fingerprint density at radius 3 is 2.21 bits per heavy atom. The molecular formula is C26H35N3O4. The highest BCUT2D eigenvalue weighted by atomic mass is 16.2. The number of imide groups is 1. The van der Waals surface area contributed by atoms with Crippen molar-refractivity contribution in [3.8, 4) is 0 Å². The number of fused-ring (bicyclic) bond motifs is 1. The SMILES string of the molecule is CC[C@H](C(=O)NC(C)C)N(CCc1ccccc1)C(=O)CCN1C(=O)[C@H]2CC=CC[C@H]2C1=O. The van der Waals surface area contributed by atoms with Crippen molar-refractivity contribution in [2.24, 2.45) is 11.8 Å². The predicted molar refractivity (Wildman–Crippen MR) is 126 cm³/mol. The molecule has 1 N–H and O–H groups in total. The van der Waals surface area contributed by atoms with E-state index in [4.69, 9.17) is 0 Å². The van der Waals surface area contributed by atoms with E-state index in [0.717, 1.165) is 5.56 Å². The fourth-order valence-corrected chi connectivity index (χ4v) is 4.72. The molecule has 1 fully saturated rings. The lowest BCUT2D eigenvalue weighted by Gasteiger charge is -2.31. The van der Waals surface area contributed by atoms with Gasteiger partial charge in [-0.2, -0.15) is 0 Å². The maximum Gasteiger partial charge on any atom is 0.242 e. The summed E-state index contributed by atoms with van der Waals surface area (Å²) in [6.07, 6.45) is 6.18. The minimum absolute atomic E-state index is 0.0184. The van der Waals surface area contributed by atoms with Crippen LogP contribution < -0.4 is 5.32 Å². The monoisotopic (exact) mass is 453 g/mol. The van der Waals surface area contributed by atoms with E-state index >= 15 is 0 Å². The van der Waals surface area contributed by atoms with Gasteiger partial charge in [0.2, 0.25) is 23.6 Å². The molecule has 0 saturated carbocycles. The summed E-state index contributed by atoms with van der Waals surface area (Å²) in [6, 6.07) is 9.19. The number of hydrogen-bond acceptors (Lipinski definition) is 4. The van der Waals surface area contributed by atoms with Crippen molar-refractivity contribution in [2.75, 3.05) is 13.1 Å². The summed E-state index contributed by atoms with van der Waals surface area (Å²) in [5.74, 6) is -1.35. The molecule has 1 aliphatic carbocycles. The highest BCUT2D eigenvalue weighted by Crippen LogP contribution is 2.35. The van der Waals surface area contributed by atoms with Gasteiger partial charge in [0.25, 0.3) is 0 Å². The molecule has 2 aliphatic rings. The Morgan fingerprint density at radius 2 is 1.67 bits per heavy atom. The van der Waals surface area contributed by atoms with Gasteiger partial charge in [-0.05, 0) is 45.1 Å². The molecule has 1 aromatic rings. The molecule has 33 heavy (non-hydrogen) atoms. The summed E-state index contributed by atoms with van der Waals surface area (Å²) in [5, 5.41) is 2.91. The van der Waals surface area contributed by atoms with Crippen molar-refractivity contribution in [2.45, 2.75) is 65.0 Å². The van der Waals surface area contributed by atoms with Gasteiger partial charge in [-0.15, -0.1) is 0 Å². The quantitative estimate of drug-likeness (QED) is 0.436. The van der Waals surface area contributed by atoms with E-state index in [-0.39, 0.29) is 54.5 Å². The highest BCUT2D eigenvalue weighted by molar-refractivity contribution is 6.05. The molecule has 0 radical (unpaired) electrons. The van der Waals surface area contributed by atoms with Crippen LogP contribution >= 0.6 is 0 Å². The van der Waals surface area contributed by atoms with Crippen LogP contribution in [0.5, 0.6) is 0 Å². The fraction of sp³-hybridized carbons (Fsp3) is 0.538. The number of allylic oxidation sites excluding steroid dienone is 2. The van der Waals surface area contributed by atoms with Crippen molar-refractivity contribution in [3.63, 3.8) is 0 Å². The normalized spacial score (nSPS) is 20.7. The summed E-state index contributed by atoms with van der Waals surface area (Å²) >= 11 is 0. The number of amides is 4. The Morgan fingerprint density at radius 1 is 1.06 bits per heavy atom. The van der Waals surface area contributed by atoms with Gasteiger partial charge in [-0.1, -0.05) is 49.4 Å². The smallest absolute Gasteiger partial charge is 0.242 e. The molecule has 0 unspecified atom stereocenters. The highest BCUT2D eigenvalue weighted by Gasteiger charge is 2.47. The maximum absolute atomic E-state index is 13.3. The van der Waals surface area contributed by atoms with Crippen LogP contribution in [0.1, 0.15) is 52.0 Å². The average Bonchev–Trinajstić information content (AvgIpc) is 3.05. The molecule has 1 aromatic carbocycles. The van der Waals surface area contributed by atoms with Crippen molar-refractivity contribution in [1.29, 1.82) is 0 Å². The number of hydrogen-bond donors (Lipinski definition) is 1. The predicted octanol–water partition coefficient (Wildman–Crippen LogP) is 2.70. The van der Waals surface area contributed by atoms with Crippen LogP contribution in [0, 0.1) is 11.8 Å². The number of carbonyl (C=O) groups excluding carboxylic acids is 4. The van der Waals surface area contributed by atoms with Crippen LogP contribution in [0.15, 0.2) is 42.5 Å². The zero-order valence-corrected chi connectivity index (χ0v) is 19.8. The second-order valence-electron chi connectivity index (χ2n) is 9.14. The molecule has 1 aliphatic heterocycles. The van der Waals surface area contributed by atoms with E-state index in [0.29, 0.717) is 32.2 Å². The first kappa shape index (κ1) is 24.7. The Kier molecular flexibility index (Phi) is 8.42. The van der Waals surface area contributed by atoms with Gasteiger partial charge in [0.15, 0.2) is 0 Å². The molecule has 7 nitrogen and oxygen atoms in total. The summed E-state index contributed by atoms with van der Waals surface area (Å²) in [5.41, 5.74) is 1.08. The van der Waals surface area contributed by atoms with E-state index < -0.39 is 6.04 Å². The third kappa shape index (κ3) is 5.89. The van der Waals surface area contributed by atoms with Crippen LogP contribution in [-0.4, -0.2) is 58.6 Å². The number of rotatable bonds is 10. The van der Waals surface area contributed by atoms with Crippen LogP contribution in [0.4, 0.5) is 0 Å². The van der Waals surface area contributed by atoms with Gasteiger partial charge in [0, 0.05) is 25.6 Å². The molecule has 0 bridgehead atoms. The molecular weight excluding hydrogens is 418 g/mol. The van der Waals surface area contributed by atoms with Crippen molar-refractivity contribution in [3.05, 3.63) is 48.0 Å². The van der Waals surface area contributed by atoms with Gasteiger partial charge < -0.3 is 10.2 Å². The molecule has 0 aromatic heterocycles. The molecule has 178 valence electrons. The first-order chi connectivity index (χ1) is 15.8. The minimum atomic E-state index is -0.597. The molecule has 3 rings (SSSR count). The lowest BCUT2D eigenvalue weighted by Crippen LogP contribution is -2.52. The molecule has 4 amide bonds. The lowest BCUT2D eigenvalue weighted by atomic mass is 9.85. The van der Waals surface area contributed by atoms with E-state index in [2.05, 4.69) is 5.32 Å². The first-order valence-electron chi connectivity index (χ1n) is 12.0. The number of nitrogens with one attached hydrogen (secondary N) is 1. The molecule has 7 heteroatoms. The van der Waals surface area contributed by atoms with Crippen LogP contribution in [0.3, 0.4) is 0 Å². The van der Waals surface area contributed by atoms with Crippen LogP contribution in [0.25, 0.3) is 0 Å². The largest absolute Gasteiger partial charge is 0.352 e. The first-order valence-corrected chi connectivity index (χ1v) is 12.0. The standard InChI is InChI=1S/C26H35N3O4/c1-4-22(24(31)27-18(2)3)28(16-14-19-10-6-5-7-11-19)23(30)15-17-29-25(32)20-12-8-9-13-21(20)26(29)33/h5-11,18,20-22H,4,12-17H2,1-3H3,(H,27,31)/t20-,21+,22-/m1/s1.